The zero-order valence-corrected chi connectivity index (χ0v) is 8.10. The molecular formula is C9H10N2OS. The van der Waals surface area contributed by atoms with E-state index >= 15 is 0 Å². The minimum atomic E-state index is 0.418. The smallest absolute Gasteiger partial charge is 0.181 e. The zero-order valence-electron chi connectivity index (χ0n) is 7.28. The van der Waals surface area contributed by atoms with E-state index in [0.717, 1.165) is 17.0 Å². The van der Waals surface area contributed by atoms with Crippen molar-refractivity contribution in [3.8, 4) is 11.3 Å². The molecule has 2 aromatic rings. The summed E-state index contributed by atoms with van der Waals surface area (Å²) in [6.07, 6.45) is 1.44. The van der Waals surface area contributed by atoms with Crippen molar-refractivity contribution in [1.29, 1.82) is 0 Å². The average Bonchev–Trinajstić information content (AvgIpc) is 2.71. The van der Waals surface area contributed by atoms with E-state index in [0.29, 0.717) is 6.54 Å². The van der Waals surface area contributed by atoms with Gasteiger partial charge in [0, 0.05) is 17.5 Å². The molecule has 2 heterocycles. The minimum Gasteiger partial charge on any atom is -0.443 e. The molecule has 0 aromatic carbocycles. The monoisotopic (exact) mass is 194 g/mol. The Morgan fingerprint density at radius 3 is 3.00 bits per heavy atom. The standard InChI is InChI=1S/C9H10N2OS/c1-6-3-13-4-7(6)9-8(2-10)11-5-12-9/h3-5H,2,10H2,1H3. The fourth-order valence-corrected chi connectivity index (χ4v) is 2.05. The van der Waals surface area contributed by atoms with E-state index in [4.69, 9.17) is 10.2 Å². The third kappa shape index (κ3) is 1.38. The minimum absolute atomic E-state index is 0.418. The summed E-state index contributed by atoms with van der Waals surface area (Å²) in [6.45, 7) is 2.47. The molecule has 4 heteroatoms. The molecule has 68 valence electrons. The number of hydrogen-bond acceptors (Lipinski definition) is 4. The number of thiophene rings is 1. The van der Waals surface area contributed by atoms with E-state index in [1.807, 2.05) is 0 Å². The number of hydrogen-bond donors (Lipinski definition) is 1. The van der Waals surface area contributed by atoms with Crippen molar-refractivity contribution >= 4 is 11.3 Å². The van der Waals surface area contributed by atoms with Crippen LogP contribution in [0.2, 0.25) is 0 Å². The summed E-state index contributed by atoms with van der Waals surface area (Å²) in [7, 11) is 0. The van der Waals surface area contributed by atoms with Gasteiger partial charge in [-0.1, -0.05) is 0 Å². The molecule has 13 heavy (non-hydrogen) atoms. The van der Waals surface area contributed by atoms with Gasteiger partial charge >= 0.3 is 0 Å². The lowest BCUT2D eigenvalue weighted by Crippen LogP contribution is -1.97. The van der Waals surface area contributed by atoms with Gasteiger partial charge in [-0.3, -0.25) is 0 Å². The SMILES string of the molecule is Cc1cscc1-c1ocnc1CN. The highest BCUT2D eigenvalue weighted by Crippen LogP contribution is 2.28. The molecule has 2 N–H and O–H groups in total. The van der Waals surface area contributed by atoms with E-state index in [1.165, 1.54) is 12.0 Å². The number of aryl methyl sites for hydroxylation is 1. The maximum absolute atomic E-state index is 5.53. The van der Waals surface area contributed by atoms with E-state index in [1.54, 1.807) is 11.3 Å². The van der Waals surface area contributed by atoms with Crippen LogP contribution in [0.5, 0.6) is 0 Å². The van der Waals surface area contributed by atoms with Crippen molar-refractivity contribution in [1.82, 2.24) is 4.98 Å². The first-order valence-electron chi connectivity index (χ1n) is 3.98. The van der Waals surface area contributed by atoms with Crippen LogP contribution in [0.3, 0.4) is 0 Å². The lowest BCUT2D eigenvalue weighted by atomic mass is 10.1. The summed E-state index contributed by atoms with van der Waals surface area (Å²) < 4.78 is 5.30. The van der Waals surface area contributed by atoms with Crippen molar-refractivity contribution < 1.29 is 4.42 Å². The summed E-state index contributed by atoms with van der Waals surface area (Å²) in [6, 6.07) is 0. The number of rotatable bonds is 2. The van der Waals surface area contributed by atoms with E-state index in [9.17, 15) is 0 Å². The van der Waals surface area contributed by atoms with Crippen LogP contribution >= 0.6 is 11.3 Å². The highest BCUT2D eigenvalue weighted by Gasteiger charge is 2.11. The second-order valence-electron chi connectivity index (χ2n) is 2.80. The molecule has 2 aromatic heterocycles. The Kier molecular flexibility index (Phi) is 2.16. The molecule has 0 amide bonds. The van der Waals surface area contributed by atoms with Gasteiger partial charge in [-0.25, -0.2) is 4.98 Å². The Labute approximate surface area is 80.2 Å². The van der Waals surface area contributed by atoms with Gasteiger partial charge in [-0.05, 0) is 17.9 Å². The van der Waals surface area contributed by atoms with Gasteiger partial charge in [-0.15, -0.1) is 0 Å². The van der Waals surface area contributed by atoms with Gasteiger partial charge in [-0.2, -0.15) is 11.3 Å². The van der Waals surface area contributed by atoms with Crippen LogP contribution in [-0.4, -0.2) is 4.98 Å². The molecule has 0 spiro atoms. The van der Waals surface area contributed by atoms with E-state index < -0.39 is 0 Å². The fraction of sp³-hybridized carbons (Fsp3) is 0.222. The van der Waals surface area contributed by atoms with Crippen molar-refractivity contribution in [2.24, 2.45) is 5.73 Å². The third-order valence-corrected chi connectivity index (χ3v) is 2.80. The largest absolute Gasteiger partial charge is 0.443 e. The second-order valence-corrected chi connectivity index (χ2v) is 3.54. The van der Waals surface area contributed by atoms with Crippen LogP contribution < -0.4 is 5.73 Å². The molecule has 0 aliphatic rings. The van der Waals surface area contributed by atoms with Crippen LogP contribution in [0, 0.1) is 6.92 Å². The quantitative estimate of drug-likeness (QED) is 0.797. The molecule has 0 atom stereocenters. The summed E-state index contributed by atoms with van der Waals surface area (Å²) in [5.41, 5.74) is 8.66. The summed E-state index contributed by atoms with van der Waals surface area (Å²) >= 11 is 1.66. The van der Waals surface area contributed by atoms with Crippen LogP contribution in [0.15, 0.2) is 21.6 Å². The number of nitrogens with two attached hydrogens (primary N) is 1. The van der Waals surface area contributed by atoms with Crippen LogP contribution in [0.4, 0.5) is 0 Å². The van der Waals surface area contributed by atoms with Gasteiger partial charge in [0.25, 0.3) is 0 Å². The number of oxazole rings is 1. The molecule has 0 aliphatic carbocycles. The highest BCUT2D eigenvalue weighted by molar-refractivity contribution is 7.08. The van der Waals surface area contributed by atoms with E-state index in [-0.39, 0.29) is 0 Å². The Morgan fingerprint density at radius 2 is 2.38 bits per heavy atom. The number of aromatic nitrogens is 1. The molecule has 2 rings (SSSR count). The van der Waals surface area contributed by atoms with Gasteiger partial charge in [0.2, 0.25) is 0 Å². The third-order valence-electron chi connectivity index (χ3n) is 1.93. The molecule has 3 nitrogen and oxygen atoms in total. The topological polar surface area (TPSA) is 52.0 Å². The number of nitrogens with zero attached hydrogens (tertiary/aromatic N) is 1. The van der Waals surface area contributed by atoms with Gasteiger partial charge in [0.15, 0.2) is 12.2 Å². The van der Waals surface area contributed by atoms with Crippen LogP contribution in [-0.2, 0) is 6.54 Å². The predicted octanol–water partition coefficient (Wildman–Crippen LogP) is 2.17. The first-order valence-corrected chi connectivity index (χ1v) is 4.92. The fourth-order valence-electron chi connectivity index (χ4n) is 1.23. The molecule has 0 unspecified atom stereocenters. The highest BCUT2D eigenvalue weighted by atomic mass is 32.1. The lowest BCUT2D eigenvalue weighted by molar-refractivity contribution is 0.571. The van der Waals surface area contributed by atoms with Crippen molar-refractivity contribution in [2.45, 2.75) is 13.5 Å². The maximum Gasteiger partial charge on any atom is 0.181 e. The molecule has 0 saturated carbocycles. The lowest BCUT2D eigenvalue weighted by Gasteiger charge is -1.96. The first kappa shape index (κ1) is 8.47. The average molecular weight is 194 g/mol. The predicted molar refractivity (Wildman–Crippen MR) is 52.4 cm³/mol. The second kappa shape index (κ2) is 3.32. The van der Waals surface area contributed by atoms with Crippen molar-refractivity contribution in [3.63, 3.8) is 0 Å². The van der Waals surface area contributed by atoms with Gasteiger partial charge < -0.3 is 10.2 Å². The normalized spacial score (nSPS) is 10.6. The Hall–Kier alpha value is -1.13. The first-order chi connectivity index (χ1) is 6.33. The Bertz CT molecular complexity index is 405. The molecule has 0 aliphatic heterocycles. The Morgan fingerprint density at radius 1 is 1.54 bits per heavy atom. The van der Waals surface area contributed by atoms with Crippen molar-refractivity contribution in [3.05, 3.63) is 28.4 Å². The maximum atomic E-state index is 5.53. The van der Waals surface area contributed by atoms with Crippen LogP contribution in [0.1, 0.15) is 11.3 Å². The van der Waals surface area contributed by atoms with Gasteiger partial charge in [0.1, 0.15) is 5.69 Å². The van der Waals surface area contributed by atoms with Crippen LogP contribution in [0.25, 0.3) is 11.3 Å². The molecule has 0 radical (unpaired) electrons. The molecule has 0 bridgehead atoms. The molecule has 0 fully saturated rings. The van der Waals surface area contributed by atoms with E-state index in [2.05, 4.69) is 22.7 Å². The molecule has 0 saturated heterocycles. The van der Waals surface area contributed by atoms with Gasteiger partial charge in [0.05, 0.1) is 0 Å². The molecular weight excluding hydrogens is 184 g/mol. The zero-order chi connectivity index (χ0) is 9.26. The summed E-state index contributed by atoms with van der Waals surface area (Å²) in [5.74, 6) is 0.807. The Balaban J connectivity index is 2.52. The van der Waals surface area contributed by atoms with Crippen molar-refractivity contribution in [2.75, 3.05) is 0 Å². The summed E-state index contributed by atoms with van der Waals surface area (Å²) in [4.78, 5) is 4.04. The summed E-state index contributed by atoms with van der Waals surface area (Å²) in [5, 5.41) is 4.13.